The van der Waals surface area contributed by atoms with E-state index in [1.54, 1.807) is 6.92 Å². The van der Waals surface area contributed by atoms with Crippen molar-refractivity contribution in [2.75, 3.05) is 6.54 Å². The summed E-state index contributed by atoms with van der Waals surface area (Å²) in [6, 6.07) is 5.31. The Morgan fingerprint density at radius 1 is 1.41 bits per heavy atom. The molecule has 0 saturated heterocycles. The van der Waals surface area contributed by atoms with Crippen LogP contribution < -0.4 is 15.8 Å². The van der Waals surface area contributed by atoms with Gasteiger partial charge in [0.15, 0.2) is 0 Å². The standard InChI is InChI=1S/C11H14F2N2O2/c1-7(6-14)15-10(16)8-2-4-9(5-3-8)17-11(12)13/h2-5,7,11H,6,14H2,1H3,(H,15,16)/t7-/m0/s1. The van der Waals surface area contributed by atoms with E-state index < -0.39 is 6.61 Å². The number of amides is 1. The largest absolute Gasteiger partial charge is 0.435 e. The fraction of sp³-hybridized carbons (Fsp3) is 0.364. The van der Waals surface area contributed by atoms with Crippen LogP contribution in [0.4, 0.5) is 8.78 Å². The molecule has 0 aromatic heterocycles. The van der Waals surface area contributed by atoms with Crippen molar-refractivity contribution < 1.29 is 18.3 Å². The molecule has 0 aliphatic heterocycles. The molecule has 3 N–H and O–H groups in total. The number of halogens is 2. The van der Waals surface area contributed by atoms with Crippen molar-refractivity contribution in [3.05, 3.63) is 29.8 Å². The molecule has 1 aromatic carbocycles. The molecule has 1 atom stereocenters. The molecule has 94 valence electrons. The molecule has 0 heterocycles. The Balaban J connectivity index is 2.64. The number of ether oxygens (including phenoxy) is 1. The quantitative estimate of drug-likeness (QED) is 0.822. The molecule has 1 amide bonds. The molecule has 0 unspecified atom stereocenters. The van der Waals surface area contributed by atoms with E-state index in [1.165, 1.54) is 24.3 Å². The van der Waals surface area contributed by atoms with Crippen molar-refractivity contribution in [2.24, 2.45) is 5.73 Å². The summed E-state index contributed by atoms with van der Waals surface area (Å²) in [4.78, 5) is 11.6. The van der Waals surface area contributed by atoms with E-state index in [9.17, 15) is 13.6 Å². The predicted octanol–water partition coefficient (Wildman–Crippen LogP) is 1.36. The topological polar surface area (TPSA) is 64.3 Å². The summed E-state index contributed by atoms with van der Waals surface area (Å²) in [6.45, 7) is -0.767. The van der Waals surface area contributed by atoms with Gasteiger partial charge in [0, 0.05) is 18.2 Å². The zero-order valence-electron chi connectivity index (χ0n) is 9.32. The van der Waals surface area contributed by atoms with Gasteiger partial charge in [-0.05, 0) is 31.2 Å². The maximum absolute atomic E-state index is 11.9. The first-order chi connectivity index (χ1) is 8.02. The lowest BCUT2D eigenvalue weighted by Gasteiger charge is -2.11. The van der Waals surface area contributed by atoms with Gasteiger partial charge in [-0.2, -0.15) is 8.78 Å². The van der Waals surface area contributed by atoms with Crippen molar-refractivity contribution in [1.29, 1.82) is 0 Å². The molecule has 0 bridgehead atoms. The van der Waals surface area contributed by atoms with Gasteiger partial charge in [-0.15, -0.1) is 0 Å². The normalized spacial score (nSPS) is 12.3. The van der Waals surface area contributed by atoms with Crippen LogP contribution >= 0.6 is 0 Å². The third-order valence-electron chi connectivity index (χ3n) is 2.07. The number of rotatable bonds is 5. The maximum Gasteiger partial charge on any atom is 0.387 e. The fourth-order valence-corrected chi connectivity index (χ4v) is 1.15. The Hall–Kier alpha value is -1.69. The molecule has 0 aliphatic carbocycles. The van der Waals surface area contributed by atoms with Gasteiger partial charge in [-0.25, -0.2) is 0 Å². The van der Waals surface area contributed by atoms with Crippen molar-refractivity contribution in [3.8, 4) is 5.75 Å². The molecule has 0 radical (unpaired) electrons. The molecule has 17 heavy (non-hydrogen) atoms. The average molecular weight is 244 g/mol. The minimum atomic E-state index is -2.87. The van der Waals surface area contributed by atoms with Gasteiger partial charge >= 0.3 is 6.61 Å². The summed E-state index contributed by atoms with van der Waals surface area (Å²) in [5.41, 5.74) is 5.73. The number of nitrogens with one attached hydrogen (secondary N) is 1. The molecular weight excluding hydrogens is 230 g/mol. The Morgan fingerprint density at radius 3 is 2.47 bits per heavy atom. The molecule has 4 nitrogen and oxygen atoms in total. The van der Waals surface area contributed by atoms with Crippen LogP contribution in [-0.2, 0) is 0 Å². The summed E-state index contributed by atoms with van der Waals surface area (Å²) in [5.74, 6) is -0.282. The van der Waals surface area contributed by atoms with Crippen molar-refractivity contribution in [2.45, 2.75) is 19.6 Å². The highest BCUT2D eigenvalue weighted by atomic mass is 19.3. The highest BCUT2D eigenvalue weighted by Crippen LogP contribution is 2.14. The van der Waals surface area contributed by atoms with Gasteiger partial charge in [0.05, 0.1) is 0 Å². The number of hydrogen-bond donors (Lipinski definition) is 2. The second kappa shape index (κ2) is 6.15. The monoisotopic (exact) mass is 244 g/mol. The molecule has 0 spiro atoms. The van der Waals surface area contributed by atoms with Crippen LogP contribution in [0.25, 0.3) is 0 Å². The third-order valence-corrected chi connectivity index (χ3v) is 2.07. The minimum absolute atomic E-state index is 0.0171. The highest BCUT2D eigenvalue weighted by molar-refractivity contribution is 5.94. The van der Waals surface area contributed by atoms with Gasteiger partial charge in [-0.1, -0.05) is 0 Å². The Kier molecular flexibility index (Phi) is 4.84. The van der Waals surface area contributed by atoms with E-state index in [0.717, 1.165) is 0 Å². The second-order valence-corrected chi connectivity index (χ2v) is 3.51. The van der Waals surface area contributed by atoms with E-state index in [2.05, 4.69) is 10.1 Å². The van der Waals surface area contributed by atoms with Gasteiger partial charge < -0.3 is 15.8 Å². The smallest absolute Gasteiger partial charge is 0.387 e. The molecule has 0 fully saturated rings. The zero-order valence-corrected chi connectivity index (χ0v) is 9.32. The second-order valence-electron chi connectivity index (χ2n) is 3.51. The number of hydrogen-bond acceptors (Lipinski definition) is 3. The van der Waals surface area contributed by atoms with Crippen LogP contribution in [0.15, 0.2) is 24.3 Å². The molecule has 6 heteroatoms. The highest BCUT2D eigenvalue weighted by Gasteiger charge is 2.09. The van der Waals surface area contributed by atoms with Crippen LogP contribution in [0.5, 0.6) is 5.75 Å². The lowest BCUT2D eigenvalue weighted by Crippen LogP contribution is -2.37. The first kappa shape index (κ1) is 13.4. The van der Waals surface area contributed by atoms with E-state index >= 15 is 0 Å². The summed E-state index contributed by atoms with van der Waals surface area (Å²) in [7, 11) is 0. The van der Waals surface area contributed by atoms with Gasteiger partial charge in [0.1, 0.15) is 5.75 Å². The Labute approximate surface area is 97.8 Å². The number of alkyl halides is 2. The minimum Gasteiger partial charge on any atom is -0.435 e. The van der Waals surface area contributed by atoms with Crippen LogP contribution in [0.3, 0.4) is 0 Å². The van der Waals surface area contributed by atoms with Crippen LogP contribution in [-0.4, -0.2) is 25.1 Å². The Bertz CT molecular complexity index is 368. The lowest BCUT2D eigenvalue weighted by molar-refractivity contribution is -0.0498. The van der Waals surface area contributed by atoms with Crippen molar-refractivity contribution in [3.63, 3.8) is 0 Å². The zero-order chi connectivity index (χ0) is 12.8. The van der Waals surface area contributed by atoms with E-state index in [-0.39, 0.29) is 17.7 Å². The summed E-state index contributed by atoms with van der Waals surface area (Å²) in [6.07, 6.45) is 0. The summed E-state index contributed by atoms with van der Waals surface area (Å²) < 4.78 is 27.9. The maximum atomic E-state index is 11.9. The summed E-state index contributed by atoms with van der Waals surface area (Å²) >= 11 is 0. The SMILES string of the molecule is C[C@@H](CN)NC(=O)c1ccc(OC(F)F)cc1. The summed E-state index contributed by atoms with van der Waals surface area (Å²) in [5, 5.41) is 2.65. The van der Waals surface area contributed by atoms with Crippen LogP contribution in [0, 0.1) is 0 Å². The van der Waals surface area contributed by atoms with E-state index in [0.29, 0.717) is 12.1 Å². The number of carbonyl (C=O) groups is 1. The van der Waals surface area contributed by atoms with Gasteiger partial charge in [-0.3, -0.25) is 4.79 Å². The first-order valence-corrected chi connectivity index (χ1v) is 5.08. The van der Waals surface area contributed by atoms with E-state index in [1.807, 2.05) is 0 Å². The molecule has 0 aliphatic rings. The number of benzene rings is 1. The first-order valence-electron chi connectivity index (χ1n) is 5.08. The Morgan fingerprint density at radius 2 is 2.00 bits per heavy atom. The number of carbonyl (C=O) groups excluding carboxylic acids is 1. The van der Waals surface area contributed by atoms with Gasteiger partial charge in [0.25, 0.3) is 5.91 Å². The van der Waals surface area contributed by atoms with Gasteiger partial charge in [0.2, 0.25) is 0 Å². The number of nitrogens with two attached hydrogens (primary N) is 1. The molecule has 1 rings (SSSR count). The third kappa shape index (κ3) is 4.36. The predicted molar refractivity (Wildman–Crippen MR) is 59.1 cm³/mol. The molecule has 1 aromatic rings. The van der Waals surface area contributed by atoms with Crippen molar-refractivity contribution >= 4 is 5.91 Å². The molecule has 0 saturated carbocycles. The van der Waals surface area contributed by atoms with E-state index in [4.69, 9.17) is 5.73 Å². The fourth-order valence-electron chi connectivity index (χ4n) is 1.15. The van der Waals surface area contributed by atoms with Crippen LogP contribution in [0.1, 0.15) is 17.3 Å². The van der Waals surface area contributed by atoms with Crippen LogP contribution in [0.2, 0.25) is 0 Å². The lowest BCUT2D eigenvalue weighted by atomic mass is 10.2. The molecular formula is C11H14F2N2O2. The average Bonchev–Trinajstić information content (AvgIpc) is 2.28. The van der Waals surface area contributed by atoms with Crippen molar-refractivity contribution in [1.82, 2.24) is 5.32 Å².